The third kappa shape index (κ3) is 6.11. The fourth-order valence-electron chi connectivity index (χ4n) is 1.05. The Bertz CT molecular complexity index is 298. The minimum atomic E-state index is -1.48. The quantitative estimate of drug-likeness (QED) is 0.427. The summed E-state index contributed by atoms with van der Waals surface area (Å²) in [5, 5.41) is 29.3. The third-order valence-corrected chi connectivity index (χ3v) is 2.62. The van der Waals surface area contributed by atoms with Gasteiger partial charge >= 0.3 is 0 Å². The number of Topliss-reactive ketones (excluding diaryl/α,β-unsaturated/α-hetero) is 1. The Morgan fingerprint density at radius 3 is 1.84 bits per heavy atom. The van der Waals surface area contributed by atoms with E-state index in [1.54, 1.807) is 20.8 Å². The first-order valence-electron chi connectivity index (χ1n) is 5.95. The molecule has 19 heavy (non-hydrogen) atoms. The number of aliphatic hydroxyl groups is 3. The Hall–Kier alpha value is -1.02. The summed E-state index contributed by atoms with van der Waals surface area (Å²) >= 11 is 0. The molecule has 112 valence electrons. The van der Waals surface area contributed by atoms with Gasteiger partial charge in [0.15, 0.2) is 5.78 Å². The molecular weight excluding hydrogens is 254 g/mol. The first kappa shape index (κ1) is 18.0. The minimum absolute atomic E-state index is 0.141. The number of hydrogen-bond acceptors (Lipinski definition) is 6. The molecule has 0 aromatic rings. The van der Waals surface area contributed by atoms with Gasteiger partial charge in [-0.15, -0.1) is 0 Å². The van der Waals surface area contributed by atoms with Gasteiger partial charge in [0.25, 0.3) is 0 Å². The lowest BCUT2D eigenvalue weighted by Crippen LogP contribution is -2.57. The molecule has 0 rings (SSSR count). The van der Waals surface area contributed by atoms with Crippen molar-refractivity contribution in [3.8, 4) is 0 Å². The van der Waals surface area contributed by atoms with Gasteiger partial charge in [0.05, 0.1) is 19.8 Å². The van der Waals surface area contributed by atoms with Crippen LogP contribution in [0.1, 0.15) is 20.8 Å². The molecule has 7 nitrogen and oxygen atoms in total. The summed E-state index contributed by atoms with van der Waals surface area (Å²) in [6, 6.07) is 0. The van der Waals surface area contributed by atoms with Crippen molar-refractivity contribution in [1.82, 2.24) is 5.32 Å². The molecule has 0 spiro atoms. The number of amides is 1. The maximum Gasteiger partial charge on any atom is 0.246 e. The van der Waals surface area contributed by atoms with E-state index in [0.717, 1.165) is 0 Å². The van der Waals surface area contributed by atoms with Crippen molar-refractivity contribution in [2.45, 2.75) is 26.3 Å². The fraction of sp³-hybridized carbons (Fsp3) is 0.833. The molecule has 0 aliphatic carbocycles. The van der Waals surface area contributed by atoms with Crippen molar-refractivity contribution in [3.63, 3.8) is 0 Å². The lowest BCUT2D eigenvalue weighted by Gasteiger charge is -2.28. The third-order valence-electron chi connectivity index (χ3n) is 2.62. The molecule has 0 radical (unpaired) electrons. The minimum Gasteiger partial charge on any atom is -0.394 e. The summed E-state index contributed by atoms with van der Waals surface area (Å²) in [6.07, 6.45) is 0. The summed E-state index contributed by atoms with van der Waals surface area (Å²) in [7, 11) is 0. The topological polar surface area (TPSA) is 116 Å². The molecule has 0 bridgehead atoms. The summed E-state index contributed by atoms with van der Waals surface area (Å²) in [5.74, 6) is -0.767. The Morgan fingerprint density at radius 2 is 1.47 bits per heavy atom. The van der Waals surface area contributed by atoms with Crippen LogP contribution in [0, 0.1) is 5.41 Å². The Kier molecular flexibility index (Phi) is 7.14. The molecule has 0 atom stereocenters. The maximum absolute atomic E-state index is 11.5. The van der Waals surface area contributed by atoms with Crippen molar-refractivity contribution in [3.05, 3.63) is 0 Å². The molecule has 7 heteroatoms. The molecule has 0 aliphatic rings. The molecular formula is C12H23NO6. The smallest absolute Gasteiger partial charge is 0.246 e. The van der Waals surface area contributed by atoms with Crippen LogP contribution >= 0.6 is 0 Å². The second-order valence-corrected chi connectivity index (χ2v) is 5.47. The number of rotatable bonds is 8. The van der Waals surface area contributed by atoms with E-state index in [9.17, 15) is 9.59 Å². The van der Waals surface area contributed by atoms with Crippen LogP contribution < -0.4 is 5.32 Å². The van der Waals surface area contributed by atoms with Crippen LogP contribution in [0.15, 0.2) is 0 Å². The molecule has 0 unspecified atom stereocenters. The number of aliphatic hydroxyl groups excluding tert-OH is 3. The summed E-state index contributed by atoms with van der Waals surface area (Å²) in [5.41, 5.74) is -2.02. The van der Waals surface area contributed by atoms with Gasteiger partial charge in [0, 0.05) is 5.41 Å². The van der Waals surface area contributed by atoms with Crippen molar-refractivity contribution in [1.29, 1.82) is 0 Å². The van der Waals surface area contributed by atoms with Gasteiger partial charge in [-0.1, -0.05) is 20.8 Å². The van der Waals surface area contributed by atoms with Crippen LogP contribution in [0.3, 0.4) is 0 Å². The Balaban J connectivity index is 4.17. The van der Waals surface area contributed by atoms with Crippen molar-refractivity contribution < 1.29 is 29.6 Å². The normalized spacial score (nSPS) is 12.3. The second kappa shape index (κ2) is 7.54. The predicted molar refractivity (Wildman–Crippen MR) is 67.4 cm³/mol. The highest BCUT2D eigenvalue weighted by atomic mass is 16.5. The summed E-state index contributed by atoms with van der Waals surface area (Å²) in [4.78, 5) is 23.0. The molecule has 4 N–H and O–H groups in total. The molecule has 0 aromatic heterocycles. The highest BCUT2D eigenvalue weighted by Crippen LogP contribution is 2.14. The van der Waals surface area contributed by atoms with Crippen LogP contribution in [-0.2, 0) is 14.3 Å². The monoisotopic (exact) mass is 277 g/mol. The number of nitrogens with one attached hydrogen (secondary N) is 1. The van der Waals surface area contributed by atoms with E-state index in [1.165, 1.54) is 0 Å². The largest absolute Gasteiger partial charge is 0.394 e. The van der Waals surface area contributed by atoms with Crippen LogP contribution in [0.25, 0.3) is 0 Å². The number of ether oxygens (including phenoxy) is 1. The molecule has 0 heterocycles. The number of hydrogen-bond donors (Lipinski definition) is 4. The first-order chi connectivity index (χ1) is 8.70. The van der Waals surface area contributed by atoms with E-state index in [1.807, 2.05) is 0 Å². The van der Waals surface area contributed by atoms with Crippen molar-refractivity contribution >= 4 is 11.7 Å². The summed E-state index contributed by atoms with van der Waals surface area (Å²) in [6.45, 7) is 2.84. The zero-order chi connectivity index (χ0) is 15.1. The van der Waals surface area contributed by atoms with Gasteiger partial charge < -0.3 is 25.4 Å². The lowest BCUT2D eigenvalue weighted by molar-refractivity contribution is -0.136. The van der Waals surface area contributed by atoms with E-state index in [-0.39, 0.29) is 19.0 Å². The maximum atomic E-state index is 11.5. The van der Waals surface area contributed by atoms with E-state index in [4.69, 9.17) is 20.1 Å². The second-order valence-electron chi connectivity index (χ2n) is 5.47. The predicted octanol–water partition coefficient (Wildman–Crippen LogP) is -1.55. The van der Waals surface area contributed by atoms with Gasteiger partial charge in [-0.05, 0) is 0 Å². The summed E-state index contributed by atoms with van der Waals surface area (Å²) < 4.78 is 4.96. The number of carbonyl (C=O) groups is 2. The molecule has 0 saturated heterocycles. The van der Waals surface area contributed by atoms with Gasteiger partial charge in [-0.25, -0.2) is 0 Å². The van der Waals surface area contributed by atoms with Crippen LogP contribution in [0.2, 0.25) is 0 Å². The highest BCUT2D eigenvalue weighted by molar-refractivity contribution is 5.85. The van der Waals surface area contributed by atoms with Gasteiger partial charge in [-0.2, -0.15) is 0 Å². The SMILES string of the molecule is CC(C)(C)C(=O)COCC(=O)NC(CO)(CO)CO. The molecule has 0 saturated carbocycles. The standard InChI is InChI=1S/C12H23NO6/c1-11(2,3)9(17)4-19-5-10(18)13-12(6-14,7-15)8-16/h14-16H,4-8H2,1-3H3,(H,13,18). The average Bonchev–Trinajstić information content (AvgIpc) is 2.35. The average molecular weight is 277 g/mol. The lowest BCUT2D eigenvalue weighted by atomic mass is 9.91. The van der Waals surface area contributed by atoms with E-state index in [2.05, 4.69) is 5.32 Å². The number of ketones is 1. The number of carbonyl (C=O) groups excluding carboxylic acids is 2. The highest BCUT2D eigenvalue weighted by Gasteiger charge is 2.30. The van der Waals surface area contributed by atoms with E-state index in [0.29, 0.717) is 0 Å². The van der Waals surface area contributed by atoms with E-state index < -0.39 is 36.7 Å². The van der Waals surface area contributed by atoms with Crippen LogP contribution in [0.5, 0.6) is 0 Å². The molecule has 0 fully saturated rings. The van der Waals surface area contributed by atoms with Crippen LogP contribution in [-0.4, -0.2) is 65.6 Å². The first-order valence-corrected chi connectivity index (χ1v) is 5.95. The van der Waals surface area contributed by atoms with Gasteiger partial charge in [0.2, 0.25) is 5.91 Å². The fourth-order valence-corrected chi connectivity index (χ4v) is 1.05. The Labute approximate surface area is 112 Å². The zero-order valence-electron chi connectivity index (χ0n) is 11.6. The molecule has 0 aliphatic heterocycles. The Morgan fingerprint density at radius 1 is 1.00 bits per heavy atom. The van der Waals surface area contributed by atoms with Crippen molar-refractivity contribution in [2.24, 2.45) is 5.41 Å². The molecule has 0 aromatic carbocycles. The van der Waals surface area contributed by atoms with Crippen molar-refractivity contribution in [2.75, 3.05) is 33.0 Å². The van der Waals surface area contributed by atoms with Gasteiger partial charge in [0.1, 0.15) is 18.8 Å². The zero-order valence-corrected chi connectivity index (χ0v) is 11.6. The molecule has 1 amide bonds. The van der Waals surface area contributed by atoms with E-state index >= 15 is 0 Å². The van der Waals surface area contributed by atoms with Gasteiger partial charge in [-0.3, -0.25) is 9.59 Å². The van der Waals surface area contributed by atoms with Crippen LogP contribution in [0.4, 0.5) is 0 Å².